The van der Waals surface area contributed by atoms with Crippen LogP contribution in [0.1, 0.15) is 21.5 Å². The van der Waals surface area contributed by atoms with Crippen LogP contribution < -0.4 is 0 Å². The van der Waals surface area contributed by atoms with Crippen LogP contribution >= 0.6 is 11.6 Å². The van der Waals surface area contributed by atoms with Gasteiger partial charge >= 0.3 is 0 Å². The van der Waals surface area contributed by atoms with Gasteiger partial charge in [-0.15, -0.1) is 0 Å². The first-order valence-electron chi connectivity index (χ1n) is 5.13. The zero-order valence-electron chi connectivity index (χ0n) is 8.75. The van der Waals surface area contributed by atoms with E-state index in [1.807, 2.05) is 43.3 Å². The monoisotopic (exact) mass is 228 g/mol. The maximum atomic E-state index is 12.1. The smallest absolute Gasteiger partial charge is 0.194 e. The summed E-state index contributed by atoms with van der Waals surface area (Å²) in [6.45, 7) is 1.92. The molecule has 0 bridgehead atoms. The number of carbonyl (C=O) groups is 1. The predicted molar refractivity (Wildman–Crippen MR) is 65.1 cm³/mol. The summed E-state index contributed by atoms with van der Waals surface area (Å²) in [6.07, 6.45) is 0. The van der Waals surface area contributed by atoms with Crippen LogP contribution in [0, 0.1) is 6.92 Å². The standard InChI is InChI=1S/C14H9ClO/c1-8-6-12-11(7-13(8)15)9-4-2-3-5-10(9)14(12)16/h2-7H,1H3. The van der Waals surface area contributed by atoms with Crippen LogP contribution in [0.5, 0.6) is 0 Å². The Morgan fingerprint density at radius 1 is 0.938 bits per heavy atom. The summed E-state index contributed by atoms with van der Waals surface area (Å²) in [5.41, 5.74) is 4.43. The first-order valence-corrected chi connectivity index (χ1v) is 5.50. The molecule has 0 spiro atoms. The molecule has 0 amide bonds. The second kappa shape index (κ2) is 3.19. The first kappa shape index (κ1) is 9.61. The van der Waals surface area contributed by atoms with Crippen molar-refractivity contribution in [1.29, 1.82) is 0 Å². The summed E-state index contributed by atoms with van der Waals surface area (Å²) in [6, 6.07) is 11.4. The lowest BCUT2D eigenvalue weighted by Crippen LogP contribution is -1.95. The lowest BCUT2D eigenvalue weighted by atomic mass is 10.0. The normalized spacial score (nSPS) is 12.5. The molecule has 0 heterocycles. The van der Waals surface area contributed by atoms with Crippen molar-refractivity contribution in [1.82, 2.24) is 0 Å². The second-order valence-electron chi connectivity index (χ2n) is 4.02. The highest BCUT2D eigenvalue weighted by atomic mass is 35.5. The summed E-state index contributed by atoms with van der Waals surface area (Å²) in [7, 11) is 0. The fraction of sp³-hybridized carbons (Fsp3) is 0.0714. The number of aryl methyl sites for hydroxylation is 1. The van der Waals surface area contributed by atoms with E-state index in [2.05, 4.69) is 0 Å². The number of benzene rings is 2. The summed E-state index contributed by atoms with van der Waals surface area (Å²) < 4.78 is 0. The number of halogens is 1. The van der Waals surface area contributed by atoms with Gasteiger partial charge in [0.1, 0.15) is 0 Å². The van der Waals surface area contributed by atoms with Crippen molar-refractivity contribution >= 4 is 17.4 Å². The minimum atomic E-state index is 0.102. The van der Waals surface area contributed by atoms with E-state index in [9.17, 15) is 4.79 Å². The van der Waals surface area contributed by atoms with Gasteiger partial charge in [0, 0.05) is 16.1 Å². The lowest BCUT2D eigenvalue weighted by Gasteiger charge is -2.02. The van der Waals surface area contributed by atoms with Crippen LogP contribution in [0.2, 0.25) is 5.02 Å². The van der Waals surface area contributed by atoms with Crippen LogP contribution in [0.3, 0.4) is 0 Å². The molecule has 2 heteroatoms. The van der Waals surface area contributed by atoms with Gasteiger partial charge < -0.3 is 0 Å². The van der Waals surface area contributed by atoms with Crippen molar-refractivity contribution in [2.75, 3.05) is 0 Å². The molecular formula is C14H9ClO. The molecule has 0 fully saturated rings. The topological polar surface area (TPSA) is 17.1 Å². The average Bonchev–Trinajstić information content (AvgIpc) is 2.55. The van der Waals surface area contributed by atoms with E-state index in [1.54, 1.807) is 0 Å². The largest absolute Gasteiger partial charge is 0.289 e. The van der Waals surface area contributed by atoms with E-state index >= 15 is 0 Å². The minimum Gasteiger partial charge on any atom is -0.289 e. The third-order valence-corrected chi connectivity index (χ3v) is 3.41. The summed E-state index contributed by atoms with van der Waals surface area (Å²) in [4.78, 5) is 12.1. The number of ketones is 1. The SMILES string of the molecule is Cc1cc2c(cc1Cl)-c1ccccc1C2=O. The Morgan fingerprint density at radius 2 is 1.62 bits per heavy atom. The maximum absolute atomic E-state index is 12.1. The highest BCUT2D eigenvalue weighted by Crippen LogP contribution is 2.38. The van der Waals surface area contributed by atoms with Crippen molar-refractivity contribution in [3.63, 3.8) is 0 Å². The highest BCUT2D eigenvalue weighted by Gasteiger charge is 2.26. The van der Waals surface area contributed by atoms with Gasteiger partial charge in [0.15, 0.2) is 5.78 Å². The first-order chi connectivity index (χ1) is 7.68. The average molecular weight is 229 g/mol. The molecule has 0 radical (unpaired) electrons. The van der Waals surface area contributed by atoms with Crippen molar-refractivity contribution in [3.05, 3.63) is 58.1 Å². The van der Waals surface area contributed by atoms with Crippen molar-refractivity contribution in [2.45, 2.75) is 6.92 Å². The molecule has 1 nitrogen and oxygen atoms in total. The quantitative estimate of drug-likeness (QED) is 0.571. The van der Waals surface area contributed by atoms with Crippen LogP contribution in [-0.2, 0) is 0 Å². The van der Waals surface area contributed by atoms with Crippen molar-refractivity contribution in [2.24, 2.45) is 0 Å². The summed E-state index contributed by atoms with van der Waals surface area (Å²) in [5, 5.41) is 0.711. The number of hydrogen-bond donors (Lipinski definition) is 0. The molecule has 0 saturated carbocycles. The summed E-state index contributed by atoms with van der Waals surface area (Å²) in [5.74, 6) is 0.102. The lowest BCUT2D eigenvalue weighted by molar-refractivity contribution is 0.104. The highest BCUT2D eigenvalue weighted by molar-refractivity contribution is 6.32. The van der Waals surface area contributed by atoms with Gasteiger partial charge in [-0.25, -0.2) is 0 Å². The molecule has 0 atom stereocenters. The molecule has 0 aliphatic heterocycles. The Morgan fingerprint density at radius 3 is 2.38 bits per heavy atom. The zero-order chi connectivity index (χ0) is 11.3. The van der Waals surface area contributed by atoms with Crippen LogP contribution in [0.4, 0.5) is 0 Å². The number of fused-ring (bicyclic) bond motifs is 3. The molecule has 3 rings (SSSR count). The Kier molecular flexibility index (Phi) is 1.92. The van der Waals surface area contributed by atoms with E-state index in [1.165, 1.54) is 0 Å². The number of hydrogen-bond acceptors (Lipinski definition) is 1. The van der Waals surface area contributed by atoms with E-state index in [4.69, 9.17) is 11.6 Å². The molecule has 0 unspecified atom stereocenters. The molecule has 1 aliphatic carbocycles. The van der Waals surface area contributed by atoms with E-state index in [0.29, 0.717) is 5.02 Å². The minimum absolute atomic E-state index is 0.102. The maximum Gasteiger partial charge on any atom is 0.194 e. The second-order valence-corrected chi connectivity index (χ2v) is 4.43. The summed E-state index contributed by atoms with van der Waals surface area (Å²) >= 11 is 6.10. The van der Waals surface area contributed by atoms with Gasteiger partial charge in [-0.05, 0) is 35.7 Å². The van der Waals surface area contributed by atoms with Gasteiger partial charge in [-0.3, -0.25) is 4.79 Å². The van der Waals surface area contributed by atoms with Gasteiger partial charge in [0.05, 0.1) is 0 Å². The van der Waals surface area contributed by atoms with Gasteiger partial charge in [0.25, 0.3) is 0 Å². The fourth-order valence-electron chi connectivity index (χ4n) is 2.15. The zero-order valence-corrected chi connectivity index (χ0v) is 9.51. The Bertz CT molecular complexity index is 614. The molecule has 0 saturated heterocycles. The Hall–Kier alpha value is -1.60. The van der Waals surface area contributed by atoms with E-state index in [-0.39, 0.29) is 5.78 Å². The number of carbonyl (C=O) groups excluding carboxylic acids is 1. The molecule has 1 aliphatic rings. The van der Waals surface area contributed by atoms with Crippen LogP contribution in [0.15, 0.2) is 36.4 Å². The van der Waals surface area contributed by atoms with Crippen LogP contribution in [-0.4, -0.2) is 5.78 Å². The van der Waals surface area contributed by atoms with E-state index in [0.717, 1.165) is 27.8 Å². The Labute approximate surface area is 98.7 Å². The molecule has 16 heavy (non-hydrogen) atoms. The van der Waals surface area contributed by atoms with Crippen molar-refractivity contribution < 1.29 is 4.79 Å². The van der Waals surface area contributed by atoms with Gasteiger partial charge in [0.2, 0.25) is 0 Å². The number of rotatable bonds is 0. The molecule has 0 N–H and O–H groups in total. The van der Waals surface area contributed by atoms with Gasteiger partial charge in [-0.1, -0.05) is 35.9 Å². The molecular weight excluding hydrogens is 220 g/mol. The third kappa shape index (κ3) is 1.15. The Balaban J connectivity index is 2.38. The molecule has 2 aromatic carbocycles. The molecule has 0 aromatic heterocycles. The predicted octanol–water partition coefficient (Wildman–Crippen LogP) is 3.86. The molecule has 2 aromatic rings. The molecule has 78 valence electrons. The van der Waals surface area contributed by atoms with E-state index < -0.39 is 0 Å². The van der Waals surface area contributed by atoms with Crippen LogP contribution in [0.25, 0.3) is 11.1 Å². The van der Waals surface area contributed by atoms with Crippen molar-refractivity contribution in [3.8, 4) is 11.1 Å². The third-order valence-electron chi connectivity index (χ3n) is 3.01. The van der Waals surface area contributed by atoms with Gasteiger partial charge in [-0.2, -0.15) is 0 Å². The fourth-order valence-corrected chi connectivity index (χ4v) is 2.32.